The largest absolute Gasteiger partial charge is 0.349 e. The van der Waals surface area contributed by atoms with Crippen molar-refractivity contribution in [2.45, 2.75) is 6.92 Å². The van der Waals surface area contributed by atoms with Gasteiger partial charge in [-0.2, -0.15) is 0 Å². The summed E-state index contributed by atoms with van der Waals surface area (Å²) >= 11 is 0. The minimum absolute atomic E-state index is 0.0115. The second-order valence-electron chi connectivity index (χ2n) is 3.75. The molecular weight excluding hydrogens is 174 g/mol. The molecule has 0 N–H and O–H groups in total. The van der Waals surface area contributed by atoms with Crippen LogP contribution in [0.1, 0.15) is 6.92 Å². The van der Waals surface area contributed by atoms with Crippen LogP contribution in [-0.2, 0) is 4.79 Å². The molecular formula is C12H17NO. The summed E-state index contributed by atoms with van der Waals surface area (Å²) in [6, 6.07) is 0. The number of nitrogens with zero attached hydrogens (tertiary/aromatic N) is 1. The molecule has 0 spiro atoms. The Bertz CT molecular complexity index is 271. The molecule has 2 heteroatoms. The minimum atomic E-state index is 0.0115. The van der Waals surface area contributed by atoms with Crippen LogP contribution >= 0.6 is 0 Å². The second kappa shape index (κ2) is 4.80. The average Bonchev–Trinajstić information content (AvgIpc) is 2.43. The number of hydrogen-bond donors (Lipinski definition) is 0. The van der Waals surface area contributed by atoms with Crippen molar-refractivity contribution in [3.05, 3.63) is 36.5 Å². The Labute approximate surface area is 85.6 Å². The normalized spacial score (nSPS) is 17.9. The van der Waals surface area contributed by atoms with Gasteiger partial charge in [-0.05, 0) is 0 Å². The van der Waals surface area contributed by atoms with Gasteiger partial charge in [-0.3, -0.25) is 4.79 Å². The van der Waals surface area contributed by atoms with E-state index >= 15 is 0 Å². The maximum atomic E-state index is 11.7. The fraction of sp³-hybridized carbons (Fsp3) is 0.417. The Morgan fingerprint density at radius 2 is 1.64 bits per heavy atom. The van der Waals surface area contributed by atoms with Crippen LogP contribution in [0.4, 0.5) is 0 Å². The molecule has 1 aliphatic rings. The number of carbonyl (C=O) groups excluding carboxylic acids is 1. The Kier molecular flexibility index (Phi) is 3.69. The maximum Gasteiger partial charge on any atom is 0.225 e. The third kappa shape index (κ3) is 2.59. The molecule has 0 fully saturated rings. The number of carbonyl (C=O) groups is 1. The fourth-order valence-electron chi connectivity index (χ4n) is 1.48. The van der Waals surface area contributed by atoms with Crippen LogP contribution in [0.5, 0.6) is 0 Å². The second-order valence-corrected chi connectivity index (χ2v) is 3.75. The van der Waals surface area contributed by atoms with Gasteiger partial charge in [-0.1, -0.05) is 43.4 Å². The molecule has 1 atom stereocenters. The molecule has 0 radical (unpaired) electrons. The van der Waals surface area contributed by atoms with E-state index in [0.717, 1.165) is 0 Å². The molecule has 0 heterocycles. The number of hydrogen-bond acceptors (Lipinski definition) is 1. The molecule has 1 aliphatic carbocycles. The topological polar surface area (TPSA) is 20.3 Å². The van der Waals surface area contributed by atoms with Crippen LogP contribution in [0.15, 0.2) is 36.5 Å². The highest BCUT2D eigenvalue weighted by Crippen LogP contribution is 2.18. The summed E-state index contributed by atoms with van der Waals surface area (Å²) in [4.78, 5) is 13.3. The van der Waals surface area contributed by atoms with Crippen LogP contribution in [0.25, 0.3) is 0 Å². The maximum absolute atomic E-state index is 11.7. The summed E-state index contributed by atoms with van der Waals surface area (Å²) < 4.78 is 0. The van der Waals surface area contributed by atoms with Crippen molar-refractivity contribution in [1.82, 2.24) is 4.90 Å². The SMILES string of the molecule is CC(C(=O)N(C)C)C1C=CC=CC=C1. The Morgan fingerprint density at radius 1 is 1.14 bits per heavy atom. The summed E-state index contributed by atoms with van der Waals surface area (Å²) in [5.41, 5.74) is 0. The first-order chi connectivity index (χ1) is 6.63. The summed E-state index contributed by atoms with van der Waals surface area (Å²) in [5.74, 6) is 0.392. The summed E-state index contributed by atoms with van der Waals surface area (Å²) in [6.45, 7) is 1.97. The molecule has 0 bridgehead atoms. The highest BCUT2D eigenvalue weighted by atomic mass is 16.2. The number of allylic oxidation sites excluding steroid dienone is 6. The lowest BCUT2D eigenvalue weighted by Gasteiger charge is -2.20. The highest BCUT2D eigenvalue weighted by Gasteiger charge is 2.21. The molecule has 0 aromatic heterocycles. The quantitative estimate of drug-likeness (QED) is 0.654. The third-order valence-electron chi connectivity index (χ3n) is 2.41. The Balaban J connectivity index is 2.69. The van der Waals surface area contributed by atoms with Crippen LogP contribution in [0.2, 0.25) is 0 Å². The van der Waals surface area contributed by atoms with Crippen LogP contribution < -0.4 is 0 Å². The minimum Gasteiger partial charge on any atom is -0.349 e. The lowest BCUT2D eigenvalue weighted by atomic mass is 9.92. The van der Waals surface area contributed by atoms with Gasteiger partial charge in [0.1, 0.15) is 0 Å². The molecule has 0 aromatic carbocycles. The Morgan fingerprint density at radius 3 is 2.07 bits per heavy atom. The van der Waals surface area contributed by atoms with Gasteiger partial charge < -0.3 is 4.90 Å². The molecule has 1 rings (SSSR count). The van der Waals surface area contributed by atoms with Crippen molar-refractivity contribution in [3.8, 4) is 0 Å². The molecule has 1 amide bonds. The van der Waals surface area contributed by atoms with E-state index < -0.39 is 0 Å². The van der Waals surface area contributed by atoms with Crippen molar-refractivity contribution >= 4 is 5.91 Å². The molecule has 14 heavy (non-hydrogen) atoms. The average molecular weight is 191 g/mol. The lowest BCUT2D eigenvalue weighted by molar-refractivity contribution is -0.133. The predicted octanol–water partition coefficient (Wildman–Crippen LogP) is 2.01. The monoisotopic (exact) mass is 191 g/mol. The van der Waals surface area contributed by atoms with Gasteiger partial charge in [0, 0.05) is 25.9 Å². The van der Waals surface area contributed by atoms with Crippen molar-refractivity contribution in [2.24, 2.45) is 11.8 Å². The fourth-order valence-corrected chi connectivity index (χ4v) is 1.48. The van der Waals surface area contributed by atoms with Gasteiger partial charge in [0.2, 0.25) is 5.91 Å². The van der Waals surface area contributed by atoms with Crippen LogP contribution in [0.3, 0.4) is 0 Å². The summed E-state index contributed by atoms with van der Waals surface area (Å²) in [6.07, 6.45) is 12.1. The van der Waals surface area contributed by atoms with E-state index in [2.05, 4.69) is 12.2 Å². The molecule has 0 saturated carbocycles. The third-order valence-corrected chi connectivity index (χ3v) is 2.41. The zero-order valence-corrected chi connectivity index (χ0v) is 8.97. The summed E-state index contributed by atoms with van der Waals surface area (Å²) in [7, 11) is 3.59. The molecule has 0 aliphatic heterocycles. The standard InChI is InChI=1S/C12H17NO/c1-10(12(14)13(2)3)11-8-6-4-5-7-9-11/h4-11H,1-3H3. The van der Waals surface area contributed by atoms with Gasteiger partial charge in [-0.25, -0.2) is 0 Å². The highest BCUT2D eigenvalue weighted by molar-refractivity contribution is 5.78. The first kappa shape index (κ1) is 10.8. The van der Waals surface area contributed by atoms with Crippen LogP contribution in [-0.4, -0.2) is 24.9 Å². The van der Waals surface area contributed by atoms with E-state index in [9.17, 15) is 4.79 Å². The van der Waals surface area contributed by atoms with Crippen molar-refractivity contribution < 1.29 is 4.79 Å². The molecule has 0 saturated heterocycles. The van der Waals surface area contributed by atoms with E-state index in [1.165, 1.54) is 0 Å². The smallest absolute Gasteiger partial charge is 0.225 e. The number of amides is 1. The van der Waals surface area contributed by atoms with E-state index in [4.69, 9.17) is 0 Å². The van der Waals surface area contributed by atoms with Gasteiger partial charge >= 0.3 is 0 Å². The van der Waals surface area contributed by atoms with Gasteiger partial charge in [0.25, 0.3) is 0 Å². The first-order valence-corrected chi connectivity index (χ1v) is 4.85. The van der Waals surface area contributed by atoms with Gasteiger partial charge in [-0.15, -0.1) is 0 Å². The lowest BCUT2D eigenvalue weighted by Crippen LogP contribution is -2.31. The van der Waals surface area contributed by atoms with Gasteiger partial charge in [0.05, 0.1) is 0 Å². The first-order valence-electron chi connectivity index (χ1n) is 4.85. The zero-order valence-electron chi connectivity index (χ0n) is 8.97. The predicted molar refractivity (Wildman–Crippen MR) is 58.8 cm³/mol. The van der Waals surface area contributed by atoms with E-state index in [1.54, 1.807) is 19.0 Å². The number of rotatable bonds is 2. The molecule has 1 unspecified atom stereocenters. The van der Waals surface area contributed by atoms with Crippen molar-refractivity contribution in [1.29, 1.82) is 0 Å². The van der Waals surface area contributed by atoms with Crippen molar-refractivity contribution in [3.63, 3.8) is 0 Å². The Hall–Kier alpha value is -1.31. The summed E-state index contributed by atoms with van der Waals surface area (Å²) in [5, 5.41) is 0. The van der Waals surface area contributed by atoms with Crippen molar-refractivity contribution in [2.75, 3.05) is 14.1 Å². The molecule has 76 valence electrons. The zero-order chi connectivity index (χ0) is 10.6. The van der Waals surface area contributed by atoms with Crippen LogP contribution in [0, 0.1) is 11.8 Å². The van der Waals surface area contributed by atoms with E-state index in [1.807, 2.05) is 31.2 Å². The molecule has 0 aromatic rings. The van der Waals surface area contributed by atoms with E-state index in [-0.39, 0.29) is 17.7 Å². The van der Waals surface area contributed by atoms with E-state index in [0.29, 0.717) is 0 Å². The van der Waals surface area contributed by atoms with Gasteiger partial charge in [0.15, 0.2) is 0 Å². The molecule has 2 nitrogen and oxygen atoms in total.